The minimum atomic E-state index is -0.226. The fourth-order valence-corrected chi connectivity index (χ4v) is 2.38. The highest BCUT2D eigenvalue weighted by Gasteiger charge is 2.14. The maximum atomic E-state index is 11.6. The van der Waals surface area contributed by atoms with Crippen LogP contribution in [0.3, 0.4) is 0 Å². The highest BCUT2D eigenvalue weighted by atomic mass is 35.5. The summed E-state index contributed by atoms with van der Waals surface area (Å²) in [6.45, 7) is 5.83. The maximum Gasteiger partial charge on any atom is 0.233 e. The van der Waals surface area contributed by atoms with E-state index in [2.05, 4.69) is 11.9 Å². The predicted octanol–water partition coefficient (Wildman–Crippen LogP) is 2.71. The van der Waals surface area contributed by atoms with E-state index in [1.54, 1.807) is 24.3 Å². The third-order valence-corrected chi connectivity index (χ3v) is 3.48. The molecule has 1 amide bonds. The lowest BCUT2D eigenvalue weighted by molar-refractivity contribution is -0.120. The second-order valence-electron chi connectivity index (χ2n) is 3.48. The molecule has 0 spiro atoms. The van der Waals surface area contributed by atoms with E-state index in [-0.39, 0.29) is 11.2 Å². The van der Waals surface area contributed by atoms with Gasteiger partial charge >= 0.3 is 0 Å². The molecule has 1 rings (SSSR count). The molecule has 5 heteroatoms. The molecule has 0 bridgehead atoms. The summed E-state index contributed by atoms with van der Waals surface area (Å²) in [5, 5.41) is 3.12. The van der Waals surface area contributed by atoms with Crippen LogP contribution in [-0.2, 0) is 4.79 Å². The Morgan fingerprint density at radius 3 is 3.06 bits per heavy atom. The van der Waals surface area contributed by atoms with Crippen molar-refractivity contribution in [2.45, 2.75) is 17.1 Å². The van der Waals surface area contributed by atoms with Crippen molar-refractivity contribution in [2.24, 2.45) is 0 Å². The molecule has 0 radical (unpaired) electrons. The van der Waals surface area contributed by atoms with Gasteiger partial charge in [-0.1, -0.05) is 17.7 Å². The van der Waals surface area contributed by atoms with E-state index >= 15 is 0 Å². The molecular weight excluding hydrogens is 256 g/mol. The second-order valence-corrected chi connectivity index (χ2v) is 5.30. The number of nitrogens with two attached hydrogens (primary N) is 1. The topological polar surface area (TPSA) is 55.1 Å². The maximum absolute atomic E-state index is 11.6. The van der Waals surface area contributed by atoms with Crippen LogP contribution in [0.2, 0.25) is 5.02 Å². The first kappa shape index (κ1) is 13.9. The minimum Gasteiger partial charge on any atom is -0.398 e. The summed E-state index contributed by atoms with van der Waals surface area (Å²) in [6.07, 6.45) is 1.64. The number of rotatable bonds is 5. The zero-order valence-electron chi connectivity index (χ0n) is 9.57. The minimum absolute atomic E-state index is 0.0470. The Kier molecular flexibility index (Phi) is 5.38. The van der Waals surface area contributed by atoms with E-state index < -0.39 is 0 Å². The van der Waals surface area contributed by atoms with Crippen molar-refractivity contribution in [2.75, 3.05) is 12.3 Å². The van der Waals surface area contributed by atoms with Gasteiger partial charge in [-0.2, -0.15) is 0 Å². The van der Waals surface area contributed by atoms with Crippen molar-refractivity contribution >= 4 is 35.0 Å². The molecule has 3 nitrogen and oxygen atoms in total. The van der Waals surface area contributed by atoms with Gasteiger partial charge in [0.05, 0.1) is 5.25 Å². The van der Waals surface area contributed by atoms with Crippen LogP contribution >= 0.6 is 23.4 Å². The molecule has 3 N–H and O–H groups in total. The Hall–Kier alpha value is -1.13. The van der Waals surface area contributed by atoms with E-state index in [0.717, 1.165) is 4.90 Å². The van der Waals surface area contributed by atoms with Crippen LogP contribution in [0.15, 0.2) is 35.7 Å². The van der Waals surface area contributed by atoms with Crippen molar-refractivity contribution in [3.05, 3.63) is 35.9 Å². The van der Waals surface area contributed by atoms with E-state index in [4.69, 9.17) is 17.3 Å². The molecular formula is C12H15ClN2OS. The Labute approximate surface area is 110 Å². The number of amides is 1. The summed E-state index contributed by atoms with van der Waals surface area (Å²) < 4.78 is 0. The normalized spacial score (nSPS) is 11.9. The zero-order chi connectivity index (χ0) is 12.8. The van der Waals surface area contributed by atoms with Gasteiger partial charge in [0.25, 0.3) is 0 Å². The second kappa shape index (κ2) is 6.57. The van der Waals surface area contributed by atoms with Gasteiger partial charge in [-0.15, -0.1) is 18.3 Å². The smallest absolute Gasteiger partial charge is 0.233 e. The Bertz CT molecular complexity index is 423. The summed E-state index contributed by atoms with van der Waals surface area (Å²) in [5.41, 5.74) is 6.44. The lowest BCUT2D eigenvalue weighted by Gasteiger charge is -2.12. The molecule has 0 aromatic heterocycles. The molecule has 0 heterocycles. The summed E-state index contributed by atoms with van der Waals surface area (Å²) in [7, 11) is 0. The van der Waals surface area contributed by atoms with E-state index in [0.29, 0.717) is 17.3 Å². The van der Waals surface area contributed by atoms with E-state index in [1.807, 2.05) is 6.92 Å². The number of carbonyl (C=O) groups is 1. The molecule has 1 aromatic rings. The molecule has 0 fully saturated rings. The number of hydrogen-bond acceptors (Lipinski definition) is 3. The number of hydrogen-bond donors (Lipinski definition) is 2. The fraction of sp³-hybridized carbons (Fsp3) is 0.250. The fourth-order valence-electron chi connectivity index (χ4n) is 1.17. The number of halogens is 1. The van der Waals surface area contributed by atoms with Crippen LogP contribution in [-0.4, -0.2) is 17.7 Å². The number of nitrogen functional groups attached to an aromatic ring is 1. The number of carbonyl (C=O) groups excluding carboxylic acids is 1. The lowest BCUT2D eigenvalue weighted by Crippen LogP contribution is -2.30. The third kappa shape index (κ3) is 4.32. The number of nitrogens with one attached hydrogen (secondary N) is 1. The Morgan fingerprint density at radius 1 is 1.71 bits per heavy atom. The molecule has 0 saturated heterocycles. The summed E-state index contributed by atoms with van der Waals surface area (Å²) >= 11 is 7.27. The summed E-state index contributed by atoms with van der Waals surface area (Å²) in [4.78, 5) is 12.5. The van der Waals surface area contributed by atoms with Crippen LogP contribution < -0.4 is 11.1 Å². The van der Waals surface area contributed by atoms with Crippen LogP contribution in [0.25, 0.3) is 0 Å². The molecule has 1 unspecified atom stereocenters. The van der Waals surface area contributed by atoms with Gasteiger partial charge in [0, 0.05) is 22.2 Å². The van der Waals surface area contributed by atoms with Gasteiger partial charge in [0.2, 0.25) is 5.91 Å². The van der Waals surface area contributed by atoms with Crippen LogP contribution in [0.4, 0.5) is 5.69 Å². The molecule has 0 aliphatic rings. The van der Waals surface area contributed by atoms with Crippen molar-refractivity contribution < 1.29 is 4.79 Å². The quantitative estimate of drug-likeness (QED) is 0.491. The Balaban J connectivity index is 2.66. The van der Waals surface area contributed by atoms with Crippen molar-refractivity contribution in [1.29, 1.82) is 0 Å². The molecule has 1 aromatic carbocycles. The standard InChI is InChI=1S/C12H15ClN2OS/c1-3-6-15-12(16)8(2)17-11-7-9(13)4-5-10(11)14/h3-5,7-8H,1,6,14H2,2H3,(H,15,16). The number of benzene rings is 1. The molecule has 92 valence electrons. The van der Waals surface area contributed by atoms with Crippen LogP contribution in [0.5, 0.6) is 0 Å². The van der Waals surface area contributed by atoms with Gasteiger partial charge in [-0.3, -0.25) is 4.79 Å². The van der Waals surface area contributed by atoms with Crippen LogP contribution in [0.1, 0.15) is 6.92 Å². The molecule has 17 heavy (non-hydrogen) atoms. The number of anilines is 1. The SMILES string of the molecule is C=CCNC(=O)C(C)Sc1cc(Cl)ccc1N. The van der Waals surface area contributed by atoms with Crippen molar-refractivity contribution in [3.63, 3.8) is 0 Å². The Morgan fingerprint density at radius 2 is 2.41 bits per heavy atom. The highest BCUT2D eigenvalue weighted by molar-refractivity contribution is 8.00. The molecule has 1 atom stereocenters. The van der Waals surface area contributed by atoms with Gasteiger partial charge in [-0.25, -0.2) is 0 Å². The summed E-state index contributed by atoms with van der Waals surface area (Å²) in [5.74, 6) is -0.0470. The van der Waals surface area contributed by atoms with E-state index in [9.17, 15) is 4.79 Å². The van der Waals surface area contributed by atoms with Gasteiger partial charge in [0.15, 0.2) is 0 Å². The average Bonchev–Trinajstić information content (AvgIpc) is 2.30. The average molecular weight is 271 g/mol. The van der Waals surface area contributed by atoms with Gasteiger partial charge in [0.1, 0.15) is 0 Å². The van der Waals surface area contributed by atoms with E-state index in [1.165, 1.54) is 11.8 Å². The van der Waals surface area contributed by atoms with Crippen LogP contribution in [0, 0.1) is 0 Å². The first-order valence-corrected chi connectivity index (χ1v) is 6.40. The zero-order valence-corrected chi connectivity index (χ0v) is 11.1. The molecule has 0 saturated carbocycles. The number of thioether (sulfide) groups is 1. The van der Waals surface area contributed by atoms with Crippen molar-refractivity contribution in [1.82, 2.24) is 5.32 Å². The monoisotopic (exact) mass is 270 g/mol. The third-order valence-electron chi connectivity index (χ3n) is 2.07. The highest BCUT2D eigenvalue weighted by Crippen LogP contribution is 2.31. The first-order valence-electron chi connectivity index (χ1n) is 5.15. The van der Waals surface area contributed by atoms with Crippen molar-refractivity contribution in [3.8, 4) is 0 Å². The predicted molar refractivity (Wildman–Crippen MR) is 74.4 cm³/mol. The summed E-state index contributed by atoms with van der Waals surface area (Å²) in [6, 6.07) is 5.22. The first-order chi connectivity index (χ1) is 8.04. The molecule has 0 aliphatic heterocycles. The van der Waals surface area contributed by atoms with Gasteiger partial charge < -0.3 is 11.1 Å². The lowest BCUT2D eigenvalue weighted by atomic mass is 10.3. The van der Waals surface area contributed by atoms with Gasteiger partial charge in [-0.05, 0) is 25.1 Å². The largest absolute Gasteiger partial charge is 0.398 e. The molecule has 0 aliphatic carbocycles.